The number of nitrogens with one attached hydrogen (secondary N) is 2. The van der Waals surface area contributed by atoms with Gasteiger partial charge < -0.3 is 24.5 Å². The molecular formula is C25H27N5O4. The number of amides is 3. The van der Waals surface area contributed by atoms with E-state index in [1.54, 1.807) is 22.5 Å². The van der Waals surface area contributed by atoms with Gasteiger partial charge in [-0.2, -0.15) is 0 Å². The van der Waals surface area contributed by atoms with Crippen LogP contribution in [0.3, 0.4) is 0 Å². The zero-order valence-electron chi connectivity index (χ0n) is 19.2. The summed E-state index contributed by atoms with van der Waals surface area (Å²) in [6.45, 7) is 4.40. The van der Waals surface area contributed by atoms with Crippen LogP contribution in [0.4, 0.5) is 0 Å². The summed E-state index contributed by atoms with van der Waals surface area (Å²) in [6.07, 6.45) is 3.13. The standard InChI is InChI=1S/C25H27N5O4/c1-16-8-11-19(34-16)13-26-22(31)20-21-23(32)30(18-9-10-18)25(2,14-29(21)15-28-20)24(33)27-12-17-6-4-3-5-7-17/h3-8,11,15,18H,9-10,12-14H2,1-2H3,(H,26,31)(H,27,33)/t25-/m1/s1. The van der Waals surface area contributed by atoms with Crippen LogP contribution in [0, 0.1) is 6.92 Å². The summed E-state index contributed by atoms with van der Waals surface area (Å²) in [6, 6.07) is 13.2. The van der Waals surface area contributed by atoms with Crippen molar-refractivity contribution in [3.05, 3.63) is 77.3 Å². The number of fused-ring (bicyclic) bond motifs is 1. The zero-order chi connectivity index (χ0) is 23.9. The lowest BCUT2D eigenvalue weighted by Crippen LogP contribution is -2.64. The number of carbonyl (C=O) groups excluding carboxylic acids is 3. The van der Waals surface area contributed by atoms with E-state index in [0.29, 0.717) is 12.3 Å². The van der Waals surface area contributed by atoms with Crippen molar-refractivity contribution in [3.63, 3.8) is 0 Å². The average Bonchev–Trinajstić information content (AvgIpc) is 3.42. The third-order valence-electron chi connectivity index (χ3n) is 6.40. The molecule has 2 aliphatic rings. The first-order valence-corrected chi connectivity index (χ1v) is 11.4. The molecule has 3 aromatic rings. The van der Waals surface area contributed by atoms with Crippen molar-refractivity contribution in [1.29, 1.82) is 0 Å². The maximum atomic E-state index is 13.6. The molecule has 2 aromatic heterocycles. The van der Waals surface area contributed by atoms with Crippen molar-refractivity contribution in [2.75, 3.05) is 0 Å². The van der Waals surface area contributed by atoms with E-state index in [9.17, 15) is 14.4 Å². The Bertz CT molecular complexity index is 1240. The highest BCUT2D eigenvalue weighted by Crippen LogP contribution is 2.38. The van der Waals surface area contributed by atoms with E-state index in [-0.39, 0.29) is 42.3 Å². The van der Waals surface area contributed by atoms with Crippen LogP contribution in [0.1, 0.15) is 57.8 Å². The van der Waals surface area contributed by atoms with Gasteiger partial charge in [-0.15, -0.1) is 0 Å². The Morgan fingerprint density at radius 2 is 1.88 bits per heavy atom. The quantitative estimate of drug-likeness (QED) is 0.562. The van der Waals surface area contributed by atoms with E-state index in [1.165, 1.54) is 6.33 Å². The molecule has 9 nitrogen and oxygen atoms in total. The van der Waals surface area contributed by atoms with Crippen molar-refractivity contribution >= 4 is 17.7 Å². The molecule has 2 N–H and O–H groups in total. The normalized spacial score (nSPS) is 19.6. The first kappa shape index (κ1) is 21.9. The summed E-state index contributed by atoms with van der Waals surface area (Å²) in [5, 5.41) is 5.76. The summed E-state index contributed by atoms with van der Waals surface area (Å²) in [5.74, 6) is 0.345. The minimum atomic E-state index is -1.08. The number of nitrogens with zero attached hydrogens (tertiary/aromatic N) is 3. The highest BCUT2D eigenvalue weighted by atomic mass is 16.3. The average molecular weight is 462 g/mol. The smallest absolute Gasteiger partial charge is 0.274 e. The van der Waals surface area contributed by atoms with Crippen molar-refractivity contribution < 1.29 is 18.8 Å². The third-order valence-corrected chi connectivity index (χ3v) is 6.40. The molecule has 3 amide bonds. The summed E-state index contributed by atoms with van der Waals surface area (Å²) < 4.78 is 7.11. The fourth-order valence-electron chi connectivity index (χ4n) is 4.52. The highest BCUT2D eigenvalue weighted by molar-refractivity contribution is 6.07. The van der Waals surface area contributed by atoms with Gasteiger partial charge in [0.05, 0.1) is 19.4 Å². The lowest BCUT2D eigenvalue weighted by molar-refractivity contribution is -0.133. The summed E-state index contributed by atoms with van der Waals surface area (Å²) >= 11 is 0. The van der Waals surface area contributed by atoms with Gasteiger partial charge in [0.15, 0.2) is 5.69 Å². The summed E-state index contributed by atoms with van der Waals surface area (Å²) in [7, 11) is 0. The number of imidazole rings is 1. The Kier molecular flexibility index (Phi) is 5.47. The monoisotopic (exact) mass is 461 g/mol. The van der Waals surface area contributed by atoms with Gasteiger partial charge in [0.25, 0.3) is 11.8 Å². The van der Waals surface area contributed by atoms with Crippen molar-refractivity contribution in [2.24, 2.45) is 0 Å². The molecule has 1 atom stereocenters. The number of benzene rings is 1. The maximum absolute atomic E-state index is 13.6. The fraction of sp³-hybridized carbons (Fsp3) is 0.360. The first-order valence-electron chi connectivity index (χ1n) is 11.4. The van der Waals surface area contributed by atoms with Crippen molar-refractivity contribution in [2.45, 2.75) is 57.9 Å². The second-order valence-electron chi connectivity index (χ2n) is 9.11. The van der Waals surface area contributed by atoms with Crippen molar-refractivity contribution in [3.8, 4) is 0 Å². The van der Waals surface area contributed by atoms with E-state index in [0.717, 1.165) is 24.2 Å². The molecular weight excluding hydrogens is 434 g/mol. The molecule has 0 saturated heterocycles. The zero-order valence-corrected chi connectivity index (χ0v) is 19.2. The van der Waals surface area contributed by atoms with E-state index in [4.69, 9.17) is 4.42 Å². The van der Waals surface area contributed by atoms with E-state index in [2.05, 4.69) is 15.6 Å². The van der Waals surface area contributed by atoms with Crippen LogP contribution >= 0.6 is 0 Å². The summed E-state index contributed by atoms with van der Waals surface area (Å²) in [5.41, 5.74) is 0.174. The van der Waals surface area contributed by atoms with Gasteiger partial charge in [0.2, 0.25) is 5.91 Å². The number of aromatic nitrogens is 2. The molecule has 0 radical (unpaired) electrons. The van der Waals surface area contributed by atoms with Crippen LogP contribution in [0.15, 0.2) is 53.2 Å². The van der Waals surface area contributed by atoms with E-state index < -0.39 is 11.4 Å². The van der Waals surface area contributed by atoms with Crippen LogP contribution < -0.4 is 10.6 Å². The lowest BCUT2D eigenvalue weighted by atomic mass is 9.93. The van der Waals surface area contributed by atoms with Gasteiger partial charge in [-0.05, 0) is 44.4 Å². The van der Waals surface area contributed by atoms with Crippen LogP contribution in [0.25, 0.3) is 0 Å². The van der Waals surface area contributed by atoms with E-state index >= 15 is 0 Å². The number of rotatable bonds is 7. The largest absolute Gasteiger partial charge is 0.465 e. The molecule has 34 heavy (non-hydrogen) atoms. The molecule has 1 fully saturated rings. The minimum Gasteiger partial charge on any atom is -0.465 e. The molecule has 1 aliphatic carbocycles. The molecule has 176 valence electrons. The van der Waals surface area contributed by atoms with E-state index in [1.807, 2.05) is 43.3 Å². The molecule has 3 heterocycles. The number of hydrogen-bond acceptors (Lipinski definition) is 5. The van der Waals surface area contributed by atoms with Crippen LogP contribution in [0.5, 0.6) is 0 Å². The Hall–Kier alpha value is -3.88. The summed E-state index contributed by atoms with van der Waals surface area (Å²) in [4.78, 5) is 45.8. The first-order chi connectivity index (χ1) is 16.4. The van der Waals surface area contributed by atoms with Gasteiger partial charge in [0, 0.05) is 12.6 Å². The highest BCUT2D eigenvalue weighted by Gasteiger charge is 2.53. The Morgan fingerprint density at radius 3 is 2.56 bits per heavy atom. The number of carbonyl (C=O) groups is 3. The third kappa shape index (κ3) is 3.98. The topological polar surface area (TPSA) is 109 Å². The number of furan rings is 1. The van der Waals surface area contributed by atoms with Gasteiger partial charge in [-0.1, -0.05) is 30.3 Å². The minimum absolute atomic E-state index is 0.0226. The van der Waals surface area contributed by atoms with Gasteiger partial charge in [-0.3, -0.25) is 14.4 Å². The molecule has 0 unspecified atom stereocenters. The molecule has 1 saturated carbocycles. The Morgan fingerprint density at radius 1 is 1.12 bits per heavy atom. The number of aryl methyl sites for hydroxylation is 1. The predicted octanol–water partition coefficient (Wildman–Crippen LogP) is 2.41. The van der Waals surface area contributed by atoms with Gasteiger partial charge in [0.1, 0.15) is 22.8 Å². The maximum Gasteiger partial charge on any atom is 0.274 e. The van der Waals surface area contributed by atoms with Gasteiger partial charge in [-0.25, -0.2) is 4.98 Å². The molecule has 9 heteroatoms. The van der Waals surface area contributed by atoms with Crippen molar-refractivity contribution in [1.82, 2.24) is 25.1 Å². The van der Waals surface area contributed by atoms with Crippen LogP contribution in [-0.4, -0.2) is 43.8 Å². The van der Waals surface area contributed by atoms with Crippen LogP contribution in [0.2, 0.25) is 0 Å². The molecule has 1 aliphatic heterocycles. The second kappa shape index (κ2) is 8.48. The van der Waals surface area contributed by atoms with Crippen LogP contribution in [-0.2, 0) is 24.4 Å². The second-order valence-corrected chi connectivity index (χ2v) is 9.11. The molecule has 5 rings (SSSR count). The number of hydrogen-bond donors (Lipinski definition) is 2. The van der Waals surface area contributed by atoms with Gasteiger partial charge >= 0.3 is 0 Å². The fourth-order valence-corrected chi connectivity index (χ4v) is 4.52. The molecule has 0 bridgehead atoms. The molecule has 0 spiro atoms. The molecule has 1 aromatic carbocycles. The Labute approximate surface area is 197 Å². The predicted molar refractivity (Wildman–Crippen MR) is 123 cm³/mol. The lowest BCUT2D eigenvalue weighted by Gasteiger charge is -2.44. The Balaban J connectivity index is 1.37. The SMILES string of the molecule is Cc1ccc(CNC(=O)c2ncn3c2C(=O)N(C2CC2)[C@@](C)(C(=O)NCc2ccccc2)C3)o1.